The van der Waals surface area contributed by atoms with Gasteiger partial charge in [0, 0.05) is 12.2 Å². The van der Waals surface area contributed by atoms with Gasteiger partial charge in [-0.2, -0.15) is 5.26 Å². The van der Waals surface area contributed by atoms with E-state index >= 15 is 0 Å². The second-order valence-electron chi connectivity index (χ2n) is 5.14. The summed E-state index contributed by atoms with van der Waals surface area (Å²) in [6.07, 6.45) is 7.05. The standard InChI is InChI=1S/C14H19N3/c1-10-3-4-13(7-11(10)2)17-14-9-16-6-5-12(14)8-15/h5-6,9-11,13,17H,3-4,7H2,1-2H3. The van der Waals surface area contributed by atoms with Crippen molar-refractivity contribution in [2.24, 2.45) is 11.8 Å². The molecule has 1 saturated carbocycles. The minimum absolute atomic E-state index is 0.484. The third kappa shape index (κ3) is 2.76. The molecule has 1 fully saturated rings. The number of rotatable bonds is 2. The first-order valence-corrected chi connectivity index (χ1v) is 6.31. The highest BCUT2D eigenvalue weighted by Gasteiger charge is 2.24. The summed E-state index contributed by atoms with van der Waals surface area (Å²) in [5.41, 5.74) is 1.56. The van der Waals surface area contributed by atoms with Crippen LogP contribution in [0.3, 0.4) is 0 Å². The van der Waals surface area contributed by atoms with Gasteiger partial charge in [-0.25, -0.2) is 0 Å². The highest BCUT2D eigenvalue weighted by Crippen LogP contribution is 2.31. The summed E-state index contributed by atoms with van der Waals surface area (Å²) in [6, 6.07) is 4.45. The van der Waals surface area contributed by atoms with Gasteiger partial charge >= 0.3 is 0 Å². The van der Waals surface area contributed by atoms with Gasteiger partial charge < -0.3 is 5.32 Å². The molecule has 1 heterocycles. The molecule has 0 radical (unpaired) electrons. The lowest BCUT2D eigenvalue weighted by atomic mass is 9.79. The van der Waals surface area contributed by atoms with Crippen molar-refractivity contribution in [2.75, 3.05) is 5.32 Å². The van der Waals surface area contributed by atoms with E-state index in [2.05, 4.69) is 30.2 Å². The number of aromatic nitrogens is 1. The first kappa shape index (κ1) is 11.9. The molecule has 3 unspecified atom stereocenters. The van der Waals surface area contributed by atoms with E-state index in [-0.39, 0.29) is 0 Å². The summed E-state index contributed by atoms with van der Waals surface area (Å²) in [6.45, 7) is 4.64. The SMILES string of the molecule is CC1CCC(Nc2cnccc2C#N)CC1C. The minimum atomic E-state index is 0.484. The number of hydrogen-bond acceptors (Lipinski definition) is 3. The van der Waals surface area contributed by atoms with E-state index in [4.69, 9.17) is 5.26 Å². The van der Waals surface area contributed by atoms with E-state index in [1.165, 1.54) is 19.3 Å². The summed E-state index contributed by atoms with van der Waals surface area (Å²) >= 11 is 0. The zero-order chi connectivity index (χ0) is 12.3. The molecule has 90 valence electrons. The maximum Gasteiger partial charge on any atom is 0.101 e. The quantitative estimate of drug-likeness (QED) is 0.847. The molecule has 3 nitrogen and oxygen atoms in total. The monoisotopic (exact) mass is 229 g/mol. The minimum Gasteiger partial charge on any atom is -0.380 e. The molecule has 0 bridgehead atoms. The fraction of sp³-hybridized carbons (Fsp3) is 0.571. The van der Waals surface area contributed by atoms with Gasteiger partial charge in [-0.3, -0.25) is 4.98 Å². The normalized spacial score (nSPS) is 28.4. The van der Waals surface area contributed by atoms with Crippen LogP contribution in [0, 0.1) is 23.2 Å². The Morgan fingerprint density at radius 2 is 2.18 bits per heavy atom. The molecule has 3 heteroatoms. The van der Waals surface area contributed by atoms with Crippen LogP contribution in [0.5, 0.6) is 0 Å². The molecule has 3 atom stereocenters. The van der Waals surface area contributed by atoms with E-state index < -0.39 is 0 Å². The number of hydrogen-bond donors (Lipinski definition) is 1. The maximum atomic E-state index is 9.02. The highest BCUT2D eigenvalue weighted by molar-refractivity contribution is 5.55. The lowest BCUT2D eigenvalue weighted by Gasteiger charge is -2.33. The summed E-state index contributed by atoms with van der Waals surface area (Å²) < 4.78 is 0. The van der Waals surface area contributed by atoms with Crippen molar-refractivity contribution in [3.05, 3.63) is 24.0 Å². The number of nitrogens with zero attached hydrogens (tertiary/aromatic N) is 2. The van der Waals surface area contributed by atoms with E-state index in [1.54, 1.807) is 18.5 Å². The fourth-order valence-corrected chi connectivity index (χ4v) is 2.51. The largest absolute Gasteiger partial charge is 0.380 e. The summed E-state index contributed by atoms with van der Waals surface area (Å²) in [7, 11) is 0. The number of nitrogens with one attached hydrogen (secondary N) is 1. The average molecular weight is 229 g/mol. The number of pyridine rings is 1. The highest BCUT2D eigenvalue weighted by atomic mass is 14.9. The van der Waals surface area contributed by atoms with Crippen molar-refractivity contribution in [1.29, 1.82) is 5.26 Å². The van der Waals surface area contributed by atoms with Gasteiger partial charge in [0.25, 0.3) is 0 Å². The summed E-state index contributed by atoms with van der Waals surface area (Å²) in [5.74, 6) is 1.57. The van der Waals surface area contributed by atoms with Gasteiger partial charge in [-0.15, -0.1) is 0 Å². The molecular formula is C14H19N3. The molecule has 17 heavy (non-hydrogen) atoms. The predicted molar refractivity (Wildman–Crippen MR) is 68.5 cm³/mol. The van der Waals surface area contributed by atoms with Crippen LogP contribution in [0.2, 0.25) is 0 Å². The van der Waals surface area contributed by atoms with Gasteiger partial charge in [-0.1, -0.05) is 13.8 Å². The third-order valence-corrected chi connectivity index (χ3v) is 3.90. The number of anilines is 1. The van der Waals surface area contributed by atoms with Crippen molar-refractivity contribution >= 4 is 5.69 Å². The molecule has 1 aromatic heterocycles. The Labute approximate surface area is 103 Å². The molecule has 2 rings (SSSR count). The van der Waals surface area contributed by atoms with Crippen LogP contribution in [0.15, 0.2) is 18.5 Å². The van der Waals surface area contributed by atoms with Crippen molar-refractivity contribution in [2.45, 2.75) is 39.2 Å². The van der Waals surface area contributed by atoms with Gasteiger partial charge in [0.1, 0.15) is 6.07 Å². The molecule has 1 aromatic rings. The Hall–Kier alpha value is -1.56. The molecule has 0 spiro atoms. The Kier molecular flexibility index (Phi) is 3.63. The van der Waals surface area contributed by atoms with Gasteiger partial charge in [-0.05, 0) is 37.2 Å². The van der Waals surface area contributed by atoms with E-state index in [0.29, 0.717) is 11.6 Å². The first-order chi connectivity index (χ1) is 8.20. The van der Waals surface area contributed by atoms with Crippen LogP contribution in [-0.4, -0.2) is 11.0 Å². The van der Waals surface area contributed by atoms with Crippen LogP contribution in [0.4, 0.5) is 5.69 Å². The molecule has 0 saturated heterocycles. The Balaban J connectivity index is 2.04. The lowest BCUT2D eigenvalue weighted by Crippen LogP contribution is -2.30. The van der Waals surface area contributed by atoms with Crippen molar-refractivity contribution in [3.8, 4) is 6.07 Å². The Morgan fingerprint density at radius 3 is 2.88 bits per heavy atom. The van der Waals surface area contributed by atoms with E-state index in [1.807, 2.05) is 0 Å². The zero-order valence-corrected chi connectivity index (χ0v) is 10.5. The topological polar surface area (TPSA) is 48.7 Å². The molecule has 1 aliphatic rings. The molecule has 1 aliphatic carbocycles. The smallest absolute Gasteiger partial charge is 0.101 e. The molecule has 0 amide bonds. The fourth-order valence-electron chi connectivity index (χ4n) is 2.51. The van der Waals surface area contributed by atoms with Crippen molar-refractivity contribution in [1.82, 2.24) is 4.98 Å². The van der Waals surface area contributed by atoms with Gasteiger partial charge in [0.05, 0.1) is 17.4 Å². The summed E-state index contributed by atoms with van der Waals surface area (Å²) in [4.78, 5) is 4.08. The zero-order valence-electron chi connectivity index (χ0n) is 10.5. The lowest BCUT2D eigenvalue weighted by molar-refractivity contribution is 0.261. The Bertz CT molecular complexity index is 422. The first-order valence-electron chi connectivity index (χ1n) is 6.31. The van der Waals surface area contributed by atoms with Crippen LogP contribution in [0.1, 0.15) is 38.7 Å². The molecule has 0 aromatic carbocycles. The second-order valence-corrected chi connectivity index (χ2v) is 5.14. The molecular weight excluding hydrogens is 210 g/mol. The van der Waals surface area contributed by atoms with Crippen molar-refractivity contribution < 1.29 is 0 Å². The Morgan fingerprint density at radius 1 is 1.35 bits per heavy atom. The van der Waals surface area contributed by atoms with Crippen LogP contribution in [0.25, 0.3) is 0 Å². The van der Waals surface area contributed by atoms with E-state index in [9.17, 15) is 0 Å². The predicted octanol–water partition coefficient (Wildman–Crippen LogP) is 3.19. The summed E-state index contributed by atoms with van der Waals surface area (Å²) in [5, 5.41) is 12.5. The van der Waals surface area contributed by atoms with Crippen LogP contribution in [-0.2, 0) is 0 Å². The third-order valence-electron chi connectivity index (χ3n) is 3.90. The van der Waals surface area contributed by atoms with Crippen LogP contribution >= 0.6 is 0 Å². The van der Waals surface area contributed by atoms with Gasteiger partial charge in [0.15, 0.2) is 0 Å². The average Bonchev–Trinajstić information content (AvgIpc) is 2.34. The van der Waals surface area contributed by atoms with Crippen LogP contribution < -0.4 is 5.32 Å². The second kappa shape index (κ2) is 5.18. The maximum absolute atomic E-state index is 9.02. The molecule has 0 aliphatic heterocycles. The molecule has 1 N–H and O–H groups in total. The van der Waals surface area contributed by atoms with Crippen molar-refractivity contribution in [3.63, 3.8) is 0 Å². The van der Waals surface area contributed by atoms with E-state index in [0.717, 1.165) is 17.5 Å². The van der Waals surface area contributed by atoms with Gasteiger partial charge in [0.2, 0.25) is 0 Å². The number of nitriles is 1.